The molecule has 0 heterocycles. The lowest BCUT2D eigenvalue weighted by Crippen LogP contribution is -2.43. The number of carbonyl (C=O) groups is 2. The zero-order valence-corrected chi connectivity index (χ0v) is 10.8. The van der Waals surface area contributed by atoms with Crippen molar-refractivity contribution in [3.8, 4) is 6.07 Å². The van der Waals surface area contributed by atoms with Crippen molar-refractivity contribution in [3.63, 3.8) is 0 Å². The zero-order valence-electron chi connectivity index (χ0n) is 10.8. The lowest BCUT2D eigenvalue weighted by molar-refractivity contribution is -0.127. The van der Waals surface area contributed by atoms with Crippen LogP contribution in [0.3, 0.4) is 0 Å². The van der Waals surface area contributed by atoms with Crippen molar-refractivity contribution in [2.45, 2.75) is 20.3 Å². The van der Waals surface area contributed by atoms with Crippen LogP contribution in [0, 0.1) is 16.7 Å². The molecule has 0 aromatic carbocycles. The highest BCUT2D eigenvalue weighted by Gasteiger charge is 2.30. The lowest BCUT2D eigenvalue weighted by atomic mass is 9.88. The van der Waals surface area contributed by atoms with E-state index in [1.165, 1.54) is 4.90 Å². The highest BCUT2D eigenvalue weighted by Crippen LogP contribution is 2.19. The number of hydrogen-bond acceptors (Lipinski definition) is 3. The number of carbonyl (C=O) groups excluding carboxylic acids is 2. The van der Waals surface area contributed by atoms with Gasteiger partial charge in [0.2, 0.25) is 5.91 Å². The Bertz CT molecular complexity index is 322. The van der Waals surface area contributed by atoms with Gasteiger partial charge >= 0.3 is 6.03 Å². The van der Waals surface area contributed by atoms with Crippen LogP contribution in [0.2, 0.25) is 0 Å². The first kappa shape index (κ1) is 15.2. The van der Waals surface area contributed by atoms with Gasteiger partial charge in [0.15, 0.2) is 0 Å². The van der Waals surface area contributed by atoms with Crippen molar-refractivity contribution in [2.24, 2.45) is 5.41 Å². The summed E-state index contributed by atoms with van der Waals surface area (Å²) in [6.45, 7) is 4.04. The second-order valence-electron chi connectivity index (χ2n) is 4.18. The van der Waals surface area contributed by atoms with E-state index in [0.717, 1.165) is 0 Å². The summed E-state index contributed by atoms with van der Waals surface area (Å²) in [4.78, 5) is 24.2. The second kappa shape index (κ2) is 6.74. The van der Waals surface area contributed by atoms with Crippen molar-refractivity contribution in [1.29, 1.82) is 5.26 Å². The van der Waals surface area contributed by atoms with Crippen molar-refractivity contribution < 1.29 is 9.59 Å². The van der Waals surface area contributed by atoms with Gasteiger partial charge in [-0.25, -0.2) is 4.79 Å². The van der Waals surface area contributed by atoms with E-state index in [1.54, 1.807) is 27.9 Å². The number of urea groups is 1. The summed E-state index contributed by atoms with van der Waals surface area (Å²) < 4.78 is 0. The normalized spacial score (nSPS) is 13.1. The van der Waals surface area contributed by atoms with Gasteiger partial charge in [-0.05, 0) is 13.3 Å². The standard InChI is InChI=1S/C11H20N4O2/c1-5-11(2,8-12)9(16)13-6-7-14-10(17)15(3)4/h5-7H2,1-4H3,(H,13,16)(H,14,17). The maximum absolute atomic E-state index is 11.6. The molecule has 0 aliphatic carbocycles. The van der Waals surface area contributed by atoms with Gasteiger partial charge in [0.05, 0.1) is 6.07 Å². The Morgan fingerprint density at radius 2 is 1.82 bits per heavy atom. The van der Waals surface area contributed by atoms with Gasteiger partial charge in [-0.15, -0.1) is 0 Å². The smallest absolute Gasteiger partial charge is 0.316 e. The Labute approximate surface area is 102 Å². The van der Waals surface area contributed by atoms with Crippen LogP contribution < -0.4 is 10.6 Å². The third-order valence-corrected chi connectivity index (χ3v) is 2.55. The third kappa shape index (κ3) is 4.72. The molecule has 17 heavy (non-hydrogen) atoms. The topological polar surface area (TPSA) is 85.2 Å². The van der Waals surface area contributed by atoms with E-state index in [0.29, 0.717) is 19.5 Å². The first-order valence-corrected chi connectivity index (χ1v) is 5.52. The molecule has 0 bridgehead atoms. The summed E-state index contributed by atoms with van der Waals surface area (Å²) in [5, 5.41) is 14.1. The van der Waals surface area contributed by atoms with E-state index in [4.69, 9.17) is 5.26 Å². The number of nitrogens with zero attached hydrogens (tertiary/aromatic N) is 2. The molecule has 0 aliphatic rings. The molecule has 96 valence electrons. The van der Waals surface area contributed by atoms with Crippen LogP contribution in [0.15, 0.2) is 0 Å². The van der Waals surface area contributed by atoms with Crippen LogP contribution in [0.25, 0.3) is 0 Å². The predicted octanol–water partition coefficient (Wildman–Crippen LogP) is 0.314. The minimum atomic E-state index is -0.994. The van der Waals surface area contributed by atoms with Crippen LogP contribution in [-0.2, 0) is 4.79 Å². The Kier molecular flexibility index (Phi) is 6.03. The maximum atomic E-state index is 11.6. The van der Waals surface area contributed by atoms with Crippen LogP contribution in [0.1, 0.15) is 20.3 Å². The van der Waals surface area contributed by atoms with Gasteiger partial charge in [-0.1, -0.05) is 6.92 Å². The molecule has 0 aromatic heterocycles. The van der Waals surface area contributed by atoms with E-state index < -0.39 is 5.41 Å². The molecule has 1 unspecified atom stereocenters. The SMILES string of the molecule is CCC(C)(C#N)C(=O)NCCNC(=O)N(C)C. The number of rotatable bonds is 5. The molecule has 0 saturated heterocycles. The Morgan fingerprint density at radius 3 is 2.24 bits per heavy atom. The van der Waals surface area contributed by atoms with Gasteiger partial charge in [0, 0.05) is 27.2 Å². The van der Waals surface area contributed by atoms with Crippen molar-refractivity contribution in [1.82, 2.24) is 15.5 Å². The van der Waals surface area contributed by atoms with Crippen molar-refractivity contribution >= 4 is 11.9 Å². The minimum Gasteiger partial charge on any atom is -0.353 e. The maximum Gasteiger partial charge on any atom is 0.316 e. The van der Waals surface area contributed by atoms with Crippen LogP contribution in [0.4, 0.5) is 4.79 Å². The first-order valence-electron chi connectivity index (χ1n) is 5.52. The molecular weight excluding hydrogens is 220 g/mol. The number of hydrogen-bond donors (Lipinski definition) is 2. The highest BCUT2D eigenvalue weighted by molar-refractivity contribution is 5.84. The van der Waals surface area contributed by atoms with E-state index in [-0.39, 0.29) is 11.9 Å². The van der Waals surface area contributed by atoms with Gasteiger partial charge in [-0.2, -0.15) is 5.26 Å². The number of nitriles is 1. The minimum absolute atomic E-state index is 0.210. The molecule has 0 saturated carbocycles. The Balaban J connectivity index is 3.96. The second-order valence-corrected chi connectivity index (χ2v) is 4.18. The van der Waals surface area contributed by atoms with Crippen molar-refractivity contribution in [3.05, 3.63) is 0 Å². The number of amides is 3. The van der Waals surface area contributed by atoms with Gasteiger partial charge in [0.1, 0.15) is 5.41 Å². The van der Waals surface area contributed by atoms with E-state index >= 15 is 0 Å². The zero-order chi connectivity index (χ0) is 13.5. The first-order chi connectivity index (χ1) is 7.87. The molecule has 6 heteroatoms. The molecule has 0 aromatic rings. The fraction of sp³-hybridized carbons (Fsp3) is 0.727. The average molecular weight is 240 g/mol. The summed E-state index contributed by atoms with van der Waals surface area (Å²) >= 11 is 0. The number of nitrogens with one attached hydrogen (secondary N) is 2. The van der Waals surface area contributed by atoms with E-state index in [1.807, 2.05) is 6.07 Å². The monoisotopic (exact) mass is 240 g/mol. The highest BCUT2D eigenvalue weighted by atomic mass is 16.2. The lowest BCUT2D eigenvalue weighted by Gasteiger charge is -2.19. The summed E-state index contributed by atoms with van der Waals surface area (Å²) in [5.74, 6) is -0.304. The van der Waals surface area contributed by atoms with Crippen LogP contribution in [0.5, 0.6) is 0 Å². The molecule has 0 fully saturated rings. The quantitative estimate of drug-likeness (QED) is 0.678. The molecule has 0 aliphatic heterocycles. The summed E-state index contributed by atoms with van der Waals surface area (Å²) in [6.07, 6.45) is 0.458. The van der Waals surface area contributed by atoms with Gasteiger partial charge < -0.3 is 15.5 Å². The average Bonchev–Trinajstić information content (AvgIpc) is 2.32. The molecule has 0 spiro atoms. The molecule has 6 nitrogen and oxygen atoms in total. The van der Waals surface area contributed by atoms with Gasteiger partial charge in [-0.3, -0.25) is 4.79 Å². The van der Waals surface area contributed by atoms with Crippen molar-refractivity contribution in [2.75, 3.05) is 27.2 Å². The van der Waals surface area contributed by atoms with Gasteiger partial charge in [0.25, 0.3) is 0 Å². The van der Waals surface area contributed by atoms with E-state index in [9.17, 15) is 9.59 Å². The summed E-state index contributed by atoms with van der Waals surface area (Å²) in [6, 6.07) is 1.78. The molecule has 0 rings (SSSR count). The summed E-state index contributed by atoms with van der Waals surface area (Å²) in [7, 11) is 3.27. The fourth-order valence-electron chi connectivity index (χ4n) is 0.989. The molecule has 3 amide bonds. The third-order valence-electron chi connectivity index (χ3n) is 2.55. The molecule has 1 atom stereocenters. The van der Waals surface area contributed by atoms with E-state index in [2.05, 4.69) is 10.6 Å². The fourth-order valence-corrected chi connectivity index (χ4v) is 0.989. The molecule has 0 radical (unpaired) electrons. The Morgan fingerprint density at radius 1 is 1.29 bits per heavy atom. The Hall–Kier alpha value is -1.77. The predicted molar refractivity (Wildman–Crippen MR) is 64.1 cm³/mol. The van der Waals surface area contributed by atoms with Crippen LogP contribution in [-0.4, -0.2) is 44.0 Å². The molecular formula is C11H20N4O2. The van der Waals surface area contributed by atoms with Crippen LogP contribution >= 0.6 is 0 Å². The summed E-state index contributed by atoms with van der Waals surface area (Å²) in [5.41, 5.74) is -0.994. The largest absolute Gasteiger partial charge is 0.353 e. The molecule has 2 N–H and O–H groups in total.